The van der Waals surface area contributed by atoms with Crippen LogP contribution in [0.2, 0.25) is 0 Å². The number of rotatable bonds is 15. The number of amides is 4. The first kappa shape index (κ1) is 47.9. The minimum absolute atomic E-state index is 0.0585. The van der Waals surface area contributed by atoms with Crippen molar-refractivity contribution in [2.45, 2.75) is 95.0 Å². The van der Waals surface area contributed by atoms with E-state index in [1.807, 2.05) is 13.8 Å². The standard InChI is InChI=1S/C44H62N14O7S/c1-26-27(2)53-54-38(26)52-39-31-21-35(66(63,64)44(4,5)6)34(22-32(31)49-25-50-39)65-20-19-55-15-17-57(18-16-55)43-47-23-30(24-48-43)41(61)56-13-10-29(11-14-56)36(51-40(60)28(3)46-7)42(62)58-12-8-9-33(58)37(45)59/h21-25,28-29,33,36,46H,8-20H2,1-7H3,(H2,45,59)(H,51,60)(H2,49,50,52,53,54)/t28-,33-,36-/m0/s1. The molecule has 3 fully saturated rings. The highest BCUT2D eigenvalue weighted by molar-refractivity contribution is 7.92. The molecule has 0 radical (unpaired) electrons. The number of aryl methyl sites for hydroxylation is 1. The third-order valence-corrected chi connectivity index (χ3v) is 15.6. The number of hydrogen-bond donors (Lipinski definition) is 5. The highest BCUT2D eigenvalue weighted by atomic mass is 32.2. The quantitative estimate of drug-likeness (QED) is 0.114. The van der Waals surface area contributed by atoms with Gasteiger partial charge in [0.05, 0.1) is 21.9 Å². The van der Waals surface area contributed by atoms with Gasteiger partial charge < -0.3 is 41.1 Å². The van der Waals surface area contributed by atoms with E-state index in [-0.39, 0.29) is 40.9 Å². The number of likely N-dealkylation sites (N-methyl/N-ethyl adjacent to an activating group) is 1. The van der Waals surface area contributed by atoms with Gasteiger partial charge in [-0.05, 0) is 86.3 Å². The molecular formula is C44H62N14O7S. The Bertz CT molecular complexity index is 2530. The van der Waals surface area contributed by atoms with E-state index in [9.17, 15) is 27.6 Å². The summed E-state index contributed by atoms with van der Waals surface area (Å²) in [7, 11) is -2.19. The normalized spacial score (nSPS) is 18.6. The zero-order valence-corrected chi connectivity index (χ0v) is 39.6. The lowest BCUT2D eigenvalue weighted by molar-refractivity contribution is -0.142. The Morgan fingerprint density at radius 3 is 2.26 bits per heavy atom. The lowest BCUT2D eigenvalue weighted by Gasteiger charge is -2.38. The number of sulfone groups is 1. The number of anilines is 3. The molecule has 6 N–H and O–H groups in total. The van der Waals surface area contributed by atoms with E-state index in [1.165, 1.54) is 23.6 Å². The van der Waals surface area contributed by atoms with Gasteiger partial charge in [0.15, 0.2) is 15.7 Å². The fourth-order valence-corrected chi connectivity index (χ4v) is 9.82. The van der Waals surface area contributed by atoms with E-state index >= 15 is 0 Å². The lowest BCUT2D eigenvalue weighted by Crippen LogP contribution is -2.59. The zero-order valence-electron chi connectivity index (χ0n) is 38.8. The predicted molar refractivity (Wildman–Crippen MR) is 247 cm³/mol. The summed E-state index contributed by atoms with van der Waals surface area (Å²) in [6.45, 7) is 15.0. The summed E-state index contributed by atoms with van der Waals surface area (Å²) < 4.78 is 33.0. The number of nitrogens with one attached hydrogen (secondary N) is 4. The third kappa shape index (κ3) is 10.2. The molecule has 0 saturated carbocycles. The smallest absolute Gasteiger partial charge is 0.256 e. The van der Waals surface area contributed by atoms with Crippen molar-refractivity contribution >= 4 is 62.0 Å². The molecule has 0 spiro atoms. The van der Waals surface area contributed by atoms with Crippen LogP contribution in [0.5, 0.6) is 5.75 Å². The second-order valence-electron chi connectivity index (χ2n) is 18.3. The zero-order chi connectivity index (χ0) is 47.5. The van der Waals surface area contributed by atoms with Crippen LogP contribution in [0.1, 0.15) is 75.0 Å². The Labute approximate surface area is 384 Å². The van der Waals surface area contributed by atoms with Crippen molar-refractivity contribution in [1.82, 2.24) is 55.5 Å². The number of piperazine rings is 1. The molecule has 0 unspecified atom stereocenters. The summed E-state index contributed by atoms with van der Waals surface area (Å²) in [6.07, 6.45) is 6.58. The summed E-state index contributed by atoms with van der Waals surface area (Å²) in [5.41, 5.74) is 8.30. The molecule has 0 aliphatic carbocycles. The second-order valence-corrected chi connectivity index (χ2v) is 20.9. The molecule has 0 bridgehead atoms. The maximum Gasteiger partial charge on any atom is 0.256 e. The minimum atomic E-state index is -3.85. The molecule has 21 nitrogen and oxygen atoms in total. The molecule has 4 amide bonds. The van der Waals surface area contributed by atoms with Gasteiger partial charge in [-0.25, -0.2) is 28.4 Å². The number of likely N-dealkylation sites (tertiary alicyclic amines) is 2. The lowest BCUT2D eigenvalue weighted by atomic mass is 9.87. The van der Waals surface area contributed by atoms with Crippen molar-refractivity contribution in [3.8, 4) is 5.75 Å². The Balaban J connectivity index is 0.931. The van der Waals surface area contributed by atoms with E-state index in [4.69, 9.17) is 10.5 Å². The first-order valence-corrected chi connectivity index (χ1v) is 24.0. The number of piperidine rings is 1. The Hall–Kier alpha value is -6.00. The summed E-state index contributed by atoms with van der Waals surface area (Å²) in [6, 6.07) is 1.14. The fourth-order valence-electron chi connectivity index (χ4n) is 8.50. The molecule has 7 rings (SSSR count). The number of nitrogens with two attached hydrogens (primary N) is 1. The van der Waals surface area contributed by atoms with Gasteiger partial charge in [0.1, 0.15) is 41.5 Å². The van der Waals surface area contributed by atoms with Gasteiger partial charge in [-0.3, -0.25) is 29.2 Å². The average Bonchev–Trinajstić information content (AvgIpc) is 3.93. The number of benzene rings is 1. The van der Waals surface area contributed by atoms with Crippen LogP contribution >= 0.6 is 0 Å². The monoisotopic (exact) mass is 930 g/mol. The Morgan fingerprint density at radius 2 is 1.64 bits per heavy atom. The van der Waals surface area contributed by atoms with Crippen LogP contribution in [0.15, 0.2) is 35.7 Å². The van der Waals surface area contributed by atoms with Crippen molar-refractivity contribution in [3.05, 3.63) is 47.7 Å². The molecule has 4 aromatic rings. The van der Waals surface area contributed by atoms with Gasteiger partial charge in [0.2, 0.25) is 23.7 Å². The summed E-state index contributed by atoms with van der Waals surface area (Å²) >= 11 is 0. The van der Waals surface area contributed by atoms with Crippen LogP contribution in [0.4, 0.5) is 17.6 Å². The van der Waals surface area contributed by atoms with Gasteiger partial charge >= 0.3 is 0 Å². The first-order chi connectivity index (χ1) is 31.4. The van der Waals surface area contributed by atoms with Crippen LogP contribution in [0, 0.1) is 19.8 Å². The van der Waals surface area contributed by atoms with E-state index < -0.39 is 38.6 Å². The van der Waals surface area contributed by atoms with E-state index in [2.05, 4.69) is 55.9 Å². The summed E-state index contributed by atoms with van der Waals surface area (Å²) in [5, 5.41) is 16.8. The van der Waals surface area contributed by atoms with Crippen molar-refractivity contribution < 1.29 is 32.3 Å². The number of nitrogens with zero attached hydrogens (tertiary/aromatic N) is 9. The largest absolute Gasteiger partial charge is 0.491 e. The fraction of sp³-hybridized carbons (Fsp3) is 0.568. The molecule has 66 heavy (non-hydrogen) atoms. The van der Waals surface area contributed by atoms with Crippen molar-refractivity contribution in [3.63, 3.8) is 0 Å². The van der Waals surface area contributed by atoms with Gasteiger partial charge in [0, 0.05) is 87.5 Å². The molecule has 3 aliphatic heterocycles. The predicted octanol–water partition coefficient (Wildman–Crippen LogP) is 1.70. The molecule has 3 aliphatic rings. The molecule has 3 aromatic heterocycles. The number of ether oxygens (including phenoxy) is 1. The van der Waals surface area contributed by atoms with E-state index in [1.54, 1.807) is 51.8 Å². The summed E-state index contributed by atoms with van der Waals surface area (Å²) in [5.74, 6) is 0.0628. The summed E-state index contributed by atoms with van der Waals surface area (Å²) in [4.78, 5) is 78.0. The third-order valence-electron chi connectivity index (χ3n) is 13.0. The maximum atomic E-state index is 13.9. The van der Waals surface area contributed by atoms with Gasteiger partial charge in [-0.15, -0.1) is 0 Å². The number of carbonyl (C=O) groups is 4. The number of hydrogen-bond acceptors (Lipinski definition) is 16. The van der Waals surface area contributed by atoms with Crippen LogP contribution in [-0.4, -0.2) is 166 Å². The van der Waals surface area contributed by atoms with Crippen LogP contribution in [0.25, 0.3) is 10.9 Å². The molecule has 3 saturated heterocycles. The molecular weight excluding hydrogens is 869 g/mol. The second kappa shape index (κ2) is 19.8. The average molecular weight is 931 g/mol. The SMILES string of the molecule is CN[C@@H](C)C(=O)N[C@H](C(=O)N1CCC[C@H]1C(N)=O)C1CCN(C(=O)c2cnc(N3CCN(CCOc4cc5ncnc(Nc6n[nH]c(C)c6C)c5cc4S(=O)(=O)C(C)(C)C)CC3)nc2)CC1. The Morgan fingerprint density at radius 1 is 0.939 bits per heavy atom. The van der Waals surface area contributed by atoms with Gasteiger partial charge in [-0.1, -0.05) is 0 Å². The van der Waals surface area contributed by atoms with E-state index in [0.29, 0.717) is 112 Å². The van der Waals surface area contributed by atoms with Crippen molar-refractivity contribution in [2.24, 2.45) is 11.7 Å². The topological polar surface area (TPSA) is 267 Å². The van der Waals surface area contributed by atoms with Gasteiger partial charge in [-0.2, -0.15) is 5.10 Å². The number of primary amides is 1. The van der Waals surface area contributed by atoms with Crippen LogP contribution in [-0.2, 0) is 24.2 Å². The molecule has 356 valence electrons. The number of carbonyl (C=O) groups excluding carboxylic acids is 4. The molecule has 22 heteroatoms. The maximum absolute atomic E-state index is 13.9. The Kier molecular flexibility index (Phi) is 14.4. The van der Waals surface area contributed by atoms with Crippen molar-refractivity contribution in [2.75, 3.05) is 76.2 Å². The molecule has 1 aromatic carbocycles. The number of fused-ring (bicyclic) bond motifs is 1. The number of aromatic nitrogens is 6. The number of aromatic amines is 1. The minimum Gasteiger partial charge on any atom is -0.491 e. The molecule has 3 atom stereocenters. The highest BCUT2D eigenvalue weighted by Crippen LogP contribution is 2.37. The van der Waals surface area contributed by atoms with E-state index in [0.717, 1.165) is 11.3 Å². The van der Waals surface area contributed by atoms with Crippen LogP contribution in [0.3, 0.4) is 0 Å². The van der Waals surface area contributed by atoms with Crippen molar-refractivity contribution in [1.29, 1.82) is 0 Å². The number of H-pyrrole nitrogens is 1. The van der Waals surface area contributed by atoms with Crippen LogP contribution < -0.4 is 31.3 Å². The first-order valence-electron chi connectivity index (χ1n) is 22.5. The highest BCUT2D eigenvalue weighted by Gasteiger charge is 2.42. The van der Waals surface area contributed by atoms with Gasteiger partial charge in [0.25, 0.3) is 5.91 Å². The molecule has 6 heterocycles.